The molecule has 0 spiro atoms. The molecule has 0 aromatic heterocycles. The van der Waals surface area contributed by atoms with E-state index in [2.05, 4.69) is 278 Å². The van der Waals surface area contributed by atoms with Gasteiger partial charge >= 0.3 is 0 Å². The predicted octanol–water partition coefficient (Wildman–Crippen LogP) is 18.4. The van der Waals surface area contributed by atoms with Crippen LogP contribution in [0.4, 0.5) is 17.1 Å². The lowest BCUT2D eigenvalue weighted by Crippen LogP contribution is -2.34. The number of aryl methyl sites for hydroxylation is 1. The Labute approximate surface area is 416 Å². The standard InChI is InChI=1S/C69H49NO/c1-4-17-48(18-5-1)54-23-14-24-55(45-54)50-33-39-60(40-34-50)70(62-30-16-26-57(47-62)49-19-6-2-7-20-49)61-41-35-51(36-42-61)56-25-15-29-59(46-56)69(58-27-8-3-9-28-58)65-43-37-52-21-10-12-31-63(52)67(65)71-68-64-32-13-11-22-53(64)38-44-66(68)69/h1-10,12-21,23-47H,11,22H2. The number of anilines is 3. The summed E-state index contributed by atoms with van der Waals surface area (Å²) in [5.41, 5.74) is 19.2. The lowest BCUT2D eigenvalue weighted by molar-refractivity contribution is 0.438. The van der Waals surface area contributed by atoms with Crippen LogP contribution in [0.3, 0.4) is 0 Å². The number of nitrogens with zero attached hydrogens (tertiary/aromatic N) is 1. The molecular formula is C69H49NO. The molecule has 1 unspecified atom stereocenters. The summed E-state index contributed by atoms with van der Waals surface area (Å²) in [5, 5.41) is 2.28. The lowest BCUT2D eigenvalue weighted by atomic mass is 9.62. The highest BCUT2D eigenvalue weighted by atomic mass is 16.5. The molecular weight excluding hydrogens is 859 g/mol. The van der Waals surface area contributed by atoms with Crippen molar-refractivity contribution in [2.24, 2.45) is 0 Å². The summed E-state index contributed by atoms with van der Waals surface area (Å²) in [6.45, 7) is 0. The van der Waals surface area contributed by atoms with Crippen LogP contribution in [0, 0.1) is 0 Å². The summed E-state index contributed by atoms with van der Waals surface area (Å²) < 4.78 is 7.24. The molecule has 13 rings (SSSR count). The van der Waals surface area contributed by atoms with Gasteiger partial charge in [0.25, 0.3) is 0 Å². The SMILES string of the molecule is C1=Cc2c(ccc3c2Oc2c(ccc4ccccc24)C3(c2ccccc2)c2cccc(-c3ccc(N(c4ccc(-c5cccc(-c6ccccc6)c5)cc4)c4cccc(-c5ccccc5)c4)cc3)c2)CC1. The van der Waals surface area contributed by atoms with Gasteiger partial charge in [0.05, 0.1) is 5.41 Å². The molecule has 71 heavy (non-hydrogen) atoms. The molecule has 0 radical (unpaired) electrons. The van der Waals surface area contributed by atoms with Gasteiger partial charge in [-0.3, -0.25) is 0 Å². The summed E-state index contributed by atoms with van der Waals surface area (Å²) >= 11 is 0. The maximum atomic E-state index is 7.24. The second-order valence-corrected chi connectivity index (χ2v) is 18.7. The van der Waals surface area contributed by atoms with Crippen molar-refractivity contribution in [1.29, 1.82) is 0 Å². The summed E-state index contributed by atoms with van der Waals surface area (Å²) in [6, 6.07) is 95.2. The highest BCUT2D eigenvalue weighted by molar-refractivity contribution is 5.93. The zero-order valence-electron chi connectivity index (χ0n) is 39.3. The third kappa shape index (κ3) is 7.44. The van der Waals surface area contributed by atoms with Gasteiger partial charge < -0.3 is 9.64 Å². The highest BCUT2D eigenvalue weighted by Crippen LogP contribution is 2.59. The fraction of sp³-hybridized carbons (Fsp3) is 0.0435. The van der Waals surface area contributed by atoms with Crippen molar-refractivity contribution in [2.45, 2.75) is 18.3 Å². The summed E-state index contributed by atoms with van der Waals surface area (Å²) in [5.74, 6) is 1.87. The first-order valence-corrected chi connectivity index (χ1v) is 24.7. The van der Waals surface area contributed by atoms with Gasteiger partial charge in [-0.25, -0.2) is 0 Å². The average Bonchev–Trinajstić information content (AvgIpc) is 3.46. The molecule has 1 aliphatic heterocycles. The van der Waals surface area contributed by atoms with Crippen LogP contribution in [-0.2, 0) is 11.8 Å². The molecule has 1 aliphatic carbocycles. The lowest BCUT2D eigenvalue weighted by Gasteiger charge is -2.43. The van der Waals surface area contributed by atoms with E-state index in [1.165, 1.54) is 55.6 Å². The Morgan fingerprint density at radius 1 is 0.352 bits per heavy atom. The number of hydrogen-bond donors (Lipinski definition) is 0. The fourth-order valence-corrected chi connectivity index (χ4v) is 11.2. The average molecular weight is 908 g/mol. The van der Waals surface area contributed by atoms with Gasteiger partial charge in [-0.1, -0.05) is 224 Å². The van der Waals surface area contributed by atoms with E-state index in [9.17, 15) is 0 Å². The maximum Gasteiger partial charge on any atom is 0.140 e. The van der Waals surface area contributed by atoms with Crippen LogP contribution in [0.2, 0.25) is 0 Å². The Bertz CT molecular complexity index is 3760. The zero-order valence-corrected chi connectivity index (χ0v) is 39.3. The minimum Gasteiger partial charge on any atom is -0.455 e. The van der Waals surface area contributed by atoms with Crippen LogP contribution in [0.5, 0.6) is 11.5 Å². The van der Waals surface area contributed by atoms with E-state index in [1.807, 2.05) is 0 Å². The van der Waals surface area contributed by atoms with E-state index < -0.39 is 5.41 Å². The molecule has 11 aromatic carbocycles. The van der Waals surface area contributed by atoms with Crippen molar-refractivity contribution in [3.8, 4) is 56.0 Å². The van der Waals surface area contributed by atoms with Gasteiger partial charge in [-0.15, -0.1) is 0 Å². The first kappa shape index (κ1) is 42.1. The van der Waals surface area contributed by atoms with Crippen LogP contribution in [0.1, 0.15) is 39.8 Å². The minimum absolute atomic E-state index is 0.667. The minimum atomic E-state index is -0.667. The molecule has 1 atom stereocenters. The van der Waals surface area contributed by atoms with Crippen molar-refractivity contribution in [3.63, 3.8) is 0 Å². The second kappa shape index (κ2) is 17.8. The molecule has 2 nitrogen and oxygen atoms in total. The molecule has 2 aliphatic rings. The third-order valence-corrected chi connectivity index (χ3v) is 14.6. The first-order chi connectivity index (χ1) is 35.2. The summed E-state index contributed by atoms with van der Waals surface area (Å²) in [7, 11) is 0. The van der Waals surface area contributed by atoms with Gasteiger partial charge in [0.1, 0.15) is 11.5 Å². The molecule has 0 saturated heterocycles. The van der Waals surface area contributed by atoms with Crippen molar-refractivity contribution in [3.05, 3.63) is 300 Å². The van der Waals surface area contributed by atoms with Gasteiger partial charge in [-0.05, 0) is 128 Å². The Hall–Kier alpha value is -8.98. The number of fused-ring (bicyclic) bond motifs is 6. The molecule has 2 heteroatoms. The monoisotopic (exact) mass is 907 g/mol. The molecule has 11 aromatic rings. The molecule has 0 fully saturated rings. The van der Waals surface area contributed by atoms with Crippen molar-refractivity contribution < 1.29 is 4.74 Å². The van der Waals surface area contributed by atoms with Gasteiger partial charge in [0, 0.05) is 39.1 Å². The van der Waals surface area contributed by atoms with Crippen LogP contribution >= 0.6 is 0 Å². The molecule has 336 valence electrons. The Kier molecular flexibility index (Phi) is 10.6. The van der Waals surface area contributed by atoms with E-state index in [1.54, 1.807) is 0 Å². The van der Waals surface area contributed by atoms with E-state index in [4.69, 9.17) is 4.74 Å². The van der Waals surface area contributed by atoms with Crippen LogP contribution in [-0.4, -0.2) is 0 Å². The Morgan fingerprint density at radius 3 is 1.54 bits per heavy atom. The molecule has 0 bridgehead atoms. The number of rotatable bonds is 9. The topological polar surface area (TPSA) is 12.5 Å². The van der Waals surface area contributed by atoms with Crippen molar-refractivity contribution >= 4 is 33.9 Å². The molecule has 1 heterocycles. The third-order valence-electron chi connectivity index (χ3n) is 14.6. The van der Waals surface area contributed by atoms with Crippen molar-refractivity contribution in [1.82, 2.24) is 0 Å². The number of allylic oxidation sites excluding steroid dienone is 1. The van der Waals surface area contributed by atoms with Crippen LogP contribution in [0.15, 0.2) is 267 Å². The largest absolute Gasteiger partial charge is 0.455 e. The zero-order chi connectivity index (χ0) is 47.1. The first-order valence-electron chi connectivity index (χ1n) is 24.7. The van der Waals surface area contributed by atoms with E-state index in [0.29, 0.717) is 0 Å². The summed E-state index contributed by atoms with van der Waals surface area (Å²) in [4.78, 5) is 2.37. The van der Waals surface area contributed by atoms with Gasteiger partial charge in [0.2, 0.25) is 0 Å². The van der Waals surface area contributed by atoms with E-state index in [0.717, 1.165) is 74.4 Å². The number of benzene rings is 11. The van der Waals surface area contributed by atoms with Gasteiger partial charge in [-0.2, -0.15) is 0 Å². The fourth-order valence-electron chi connectivity index (χ4n) is 11.2. The van der Waals surface area contributed by atoms with Gasteiger partial charge in [0.15, 0.2) is 0 Å². The van der Waals surface area contributed by atoms with E-state index in [-0.39, 0.29) is 0 Å². The quantitative estimate of drug-likeness (QED) is 0.143. The Morgan fingerprint density at radius 2 is 0.859 bits per heavy atom. The van der Waals surface area contributed by atoms with Crippen LogP contribution < -0.4 is 9.64 Å². The molecule has 0 saturated carbocycles. The number of hydrogen-bond acceptors (Lipinski definition) is 2. The normalized spacial score (nSPS) is 14.5. The second-order valence-electron chi connectivity index (χ2n) is 18.7. The smallest absolute Gasteiger partial charge is 0.140 e. The Balaban J connectivity index is 0.929. The van der Waals surface area contributed by atoms with Crippen LogP contribution in [0.25, 0.3) is 61.4 Å². The highest BCUT2D eigenvalue weighted by Gasteiger charge is 2.47. The molecule has 0 N–H and O–H groups in total. The summed E-state index contributed by atoms with van der Waals surface area (Å²) in [6.07, 6.45) is 6.60. The van der Waals surface area contributed by atoms with E-state index >= 15 is 0 Å². The predicted molar refractivity (Wildman–Crippen MR) is 296 cm³/mol. The maximum absolute atomic E-state index is 7.24. The molecule has 0 amide bonds. The number of ether oxygens (including phenoxy) is 1. The van der Waals surface area contributed by atoms with Crippen molar-refractivity contribution in [2.75, 3.05) is 4.90 Å².